The summed E-state index contributed by atoms with van der Waals surface area (Å²) < 4.78 is 74.9. The van der Waals surface area contributed by atoms with E-state index < -0.39 is 35.1 Å². The van der Waals surface area contributed by atoms with Gasteiger partial charge in [0.2, 0.25) is 0 Å². The predicted molar refractivity (Wildman–Crippen MR) is 55.5 cm³/mol. The monoisotopic (exact) mass is 301 g/mol. The first kappa shape index (κ1) is 16.1. The molecular formula is C11H9F6NO2. The number of hydrogen-bond acceptors (Lipinski definition) is 2. The molecule has 0 saturated carbocycles. The van der Waals surface area contributed by atoms with Crippen LogP contribution in [0.15, 0.2) is 18.2 Å². The Labute approximate surface area is 109 Å². The zero-order valence-electron chi connectivity index (χ0n) is 10.0. The Morgan fingerprint density at radius 1 is 1.05 bits per heavy atom. The lowest BCUT2D eigenvalue weighted by atomic mass is 10.1. The number of rotatable bonds is 3. The van der Waals surface area contributed by atoms with Crippen LogP contribution in [-0.4, -0.2) is 5.91 Å². The van der Waals surface area contributed by atoms with E-state index in [-0.39, 0.29) is 12.5 Å². The zero-order chi connectivity index (χ0) is 15.6. The minimum Gasteiger partial charge on any atom is -0.380 e. The summed E-state index contributed by atoms with van der Waals surface area (Å²) in [4.78, 5) is 15.3. The summed E-state index contributed by atoms with van der Waals surface area (Å²) in [5.41, 5.74) is -1.31. The highest BCUT2D eigenvalue weighted by molar-refractivity contribution is 5.74. The molecule has 0 atom stereocenters. The maximum atomic E-state index is 12.5. The lowest BCUT2D eigenvalue weighted by Gasteiger charge is -2.14. The fourth-order valence-corrected chi connectivity index (χ4v) is 1.17. The largest absolute Gasteiger partial charge is 0.416 e. The average Bonchev–Trinajstić information content (AvgIpc) is 2.33. The van der Waals surface area contributed by atoms with Gasteiger partial charge in [-0.25, -0.2) is 0 Å². The third-order valence-corrected chi connectivity index (χ3v) is 2.17. The van der Waals surface area contributed by atoms with Gasteiger partial charge in [0.25, 0.3) is 5.91 Å². The topological polar surface area (TPSA) is 38.3 Å². The van der Waals surface area contributed by atoms with Gasteiger partial charge in [-0.2, -0.15) is 31.8 Å². The number of carbonyl (C=O) groups is 1. The first-order chi connectivity index (χ1) is 9.04. The van der Waals surface area contributed by atoms with Crippen molar-refractivity contribution in [2.45, 2.75) is 25.7 Å². The maximum absolute atomic E-state index is 12.5. The van der Waals surface area contributed by atoms with E-state index in [1.807, 2.05) is 0 Å². The molecule has 1 aromatic rings. The smallest absolute Gasteiger partial charge is 0.380 e. The summed E-state index contributed by atoms with van der Waals surface area (Å²) in [5.74, 6) is -1.44. The van der Waals surface area contributed by atoms with E-state index in [1.165, 1.54) is 6.92 Å². The summed E-state index contributed by atoms with van der Waals surface area (Å²) in [6, 6.07) is 0.699. The van der Waals surface area contributed by atoms with Crippen molar-refractivity contribution in [3.05, 3.63) is 29.3 Å². The Hall–Kier alpha value is -1.93. The molecule has 20 heavy (non-hydrogen) atoms. The van der Waals surface area contributed by atoms with Gasteiger partial charge in [0, 0.05) is 6.42 Å². The van der Waals surface area contributed by atoms with E-state index in [0.29, 0.717) is 12.1 Å². The van der Waals surface area contributed by atoms with Gasteiger partial charge in [-0.3, -0.25) is 4.79 Å². The molecule has 0 unspecified atom stereocenters. The highest BCUT2D eigenvalue weighted by Crippen LogP contribution is 2.37. The molecule has 0 aliphatic carbocycles. The highest BCUT2D eigenvalue weighted by Gasteiger charge is 2.37. The number of amides is 1. The molecule has 0 bridgehead atoms. The highest BCUT2D eigenvalue weighted by atomic mass is 19.4. The van der Waals surface area contributed by atoms with Gasteiger partial charge in [0.05, 0.1) is 11.1 Å². The van der Waals surface area contributed by atoms with Crippen LogP contribution in [-0.2, 0) is 17.1 Å². The minimum atomic E-state index is -4.96. The van der Waals surface area contributed by atoms with Gasteiger partial charge in [0.1, 0.15) is 0 Å². The second kappa shape index (κ2) is 5.59. The van der Waals surface area contributed by atoms with E-state index in [1.54, 1.807) is 5.48 Å². The number of benzene rings is 1. The Morgan fingerprint density at radius 3 is 1.85 bits per heavy atom. The molecular weight excluding hydrogens is 292 g/mol. The molecule has 3 nitrogen and oxygen atoms in total. The molecule has 1 rings (SSSR count). The number of carbonyl (C=O) groups excluding carboxylic acids is 1. The van der Waals surface area contributed by atoms with Gasteiger partial charge in [0.15, 0.2) is 5.75 Å². The van der Waals surface area contributed by atoms with Crippen LogP contribution in [0, 0.1) is 0 Å². The predicted octanol–water partition coefficient (Wildman–Crippen LogP) is 3.54. The first-order valence-electron chi connectivity index (χ1n) is 5.29. The number of hydroxylamine groups is 1. The van der Waals surface area contributed by atoms with Crippen molar-refractivity contribution in [3.8, 4) is 5.75 Å². The summed E-state index contributed by atoms with van der Waals surface area (Å²) in [6.07, 6.45) is -9.96. The number of halogens is 6. The molecule has 1 aromatic carbocycles. The van der Waals surface area contributed by atoms with Crippen molar-refractivity contribution in [2.75, 3.05) is 0 Å². The van der Waals surface area contributed by atoms with E-state index in [0.717, 1.165) is 0 Å². The summed E-state index contributed by atoms with van der Waals surface area (Å²) >= 11 is 0. The van der Waals surface area contributed by atoms with E-state index in [9.17, 15) is 31.1 Å². The minimum absolute atomic E-state index is 0.0332. The van der Waals surface area contributed by atoms with Crippen LogP contribution in [0.4, 0.5) is 26.3 Å². The normalized spacial score (nSPS) is 12.2. The Balaban J connectivity index is 3.14. The molecule has 0 heterocycles. The quantitative estimate of drug-likeness (QED) is 0.685. The Kier molecular flexibility index (Phi) is 4.51. The number of nitrogens with one attached hydrogen (secondary N) is 1. The van der Waals surface area contributed by atoms with E-state index in [2.05, 4.69) is 4.84 Å². The van der Waals surface area contributed by atoms with E-state index >= 15 is 0 Å². The zero-order valence-corrected chi connectivity index (χ0v) is 10.0. The molecule has 0 spiro atoms. The van der Waals surface area contributed by atoms with Gasteiger partial charge < -0.3 is 4.84 Å². The number of alkyl halides is 6. The summed E-state index contributed by atoms with van der Waals surface area (Å²) in [7, 11) is 0. The van der Waals surface area contributed by atoms with Crippen LogP contribution in [0.2, 0.25) is 0 Å². The van der Waals surface area contributed by atoms with Crippen molar-refractivity contribution in [2.24, 2.45) is 0 Å². The molecule has 1 N–H and O–H groups in total. The second-order valence-corrected chi connectivity index (χ2v) is 3.72. The maximum Gasteiger partial charge on any atom is 0.416 e. The Morgan fingerprint density at radius 2 is 1.50 bits per heavy atom. The first-order valence-corrected chi connectivity index (χ1v) is 5.29. The van der Waals surface area contributed by atoms with Crippen LogP contribution < -0.4 is 10.3 Å². The molecule has 0 aliphatic heterocycles. The van der Waals surface area contributed by atoms with Crippen molar-refractivity contribution in [1.82, 2.24) is 5.48 Å². The van der Waals surface area contributed by atoms with Crippen LogP contribution in [0.5, 0.6) is 5.75 Å². The molecule has 1 amide bonds. The van der Waals surface area contributed by atoms with Crippen LogP contribution in [0.3, 0.4) is 0 Å². The standard InChI is InChI=1S/C11H9F6NO2/c1-2-9(19)18-20-8-4-6(10(12,13)14)3-7(5-8)11(15,16)17/h3-5H,2H2,1H3,(H,18,19). The molecule has 0 fully saturated rings. The molecule has 0 saturated heterocycles. The molecule has 0 radical (unpaired) electrons. The van der Waals surface area contributed by atoms with Crippen molar-refractivity contribution in [1.29, 1.82) is 0 Å². The lowest BCUT2D eigenvalue weighted by Crippen LogP contribution is -2.26. The van der Waals surface area contributed by atoms with Gasteiger partial charge >= 0.3 is 12.4 Å². The number of hydrogen-bond donors (Lipinski definition) is 1. The van der Waals surface area contributed by atoms with Crippen LogP contribution in [0.25, 0.3) is 0 Å². The SMILES string of the molecule is CCC(=O)NOc1cc(C(F)(F)F)cc(C(F)(F)F)c1. The fourth-order valence-electron chi connectivity index (χ4n) is 1.17. The summed E-state index contributed by atoms with van der Waals surface area (Å²) in [5, 5.41) is 0. The van der Waals surface area contributed by atoms with Crippen molar-refractivity contribution >= 4 is 5.91 Å². The fraction of sp³-hybridized carbons (Fsp3) is 0.364. The lowest BCUT2D eigenvalue weighted by molar-refractivity contribution is -0.143. The van der Waals surface area contributed by atoms with Crippen LogP contribution in [0.1, 0.15) is 24.5 Å². The van der Waals surface area contributed by atoms with Gasteiger partial charge in [-0.1, -0.05) is 6.92 Å². The summed E-state index contributed by atoms with van der Waals surface area (Å²) in [6.45, 7) is 1.44. The van der Waals surface area contributed by atoms with Crippen molar-refractivity contribution < 1.29 is 36.0 Å². The second-order valence-electron chi connectivity index (χ2n) is 3.72. The third kappa shape index (κ3) is 4.32. The van der Waals surface area contributed by atoms with Gasteiger partial charge in [-0.15, -0.1) is 0 Å². The molecule has 9 heteroatoms. The Bertz CT molecular complexity index is 462. The van der Waals surface area contributed by atoms with Crippen molar-refractivity contribution in [3.63, 3.8) is 0 Å². The molecule has 112 valence electrons. The van der Waals surface area contributed by atoms with Crippen LogP contribution >= 0.6 is 0 Å². The average molecular weight is 301 g/mol. The van der Waals surface area contributed by atoms with E-state index in [4.69, 9.17) is 0 Å². The van der Waals surface area contributed by atoms with Gasteiger partial charge in [-0.05, 0) is 18.2 Å². The molecule has 0 aromatic heterocycles. The molecule has 0 aliphatic rings. The third-order valence-electron chi connectivity index (χ3n) is 2.17.